The van der Waals surface area contributed by atoms with E-state index in [1.165, 1.54) is 12.1 Å². The number of aryl methyl sites for hydroxylation is 1. The van der Waals surface area contributed by atoms with Crippen molar-refractivity contribution in [3.05, 3.63) is 35.1 Å². The molecular formula is C13H15BrFNO. The largest absolute Gasteiger partial charge is 0.335 e. The minimum atomic E-state index is -0.345. The Bertz CT molecular complexity index is 415. The summed E-state index contributed by atoms with van der Waals surface area (Å²) in [6.07, 6.45) is 2.04. The second kappa shape index (κ2) is 5.17. The van der Waals surface area contributed by atoms with Crippen LogP contribution < -0.4 is 0 Å². The van der Waals surface area contributed by atoms with Crippen LogP contribution in [-0.2, 0) is 0 Å². The molecule has 0 aliphatic carbocycles. The zero-order chi connectivity index (χ0) is 12.4. The molecule has 1 aromatic rings. The number of nitrogens with zero attached hydrogens (tertiary/aromatic N) is 1. The van der Waals surface area contributed by atoms with Crippen molar-refractivity contribution >= 4 is 21.8 Å². The Kier molecular flexibility index (Phi) is 3.82. The smallest absolute Gasteiger partial charge is 0.254 e. The molecule has 1 aliphatic heterocycles. The Hall–Kier alpha value is -0.900. The normalized spacial score (nSPS) is 19.7. The monoisotopic (exact) mass is 299 g/mol. The van der Waals surface area contributed by atoms with Crippen molar-refractivity contribution in [1.29, 1.82) is 0 Å². The Labute approximate surface area is 109 Å². The van der Waals surface area contributed by atoms with E-state index in [0.717, 1.165) is 30.3 Å². The molecule has 1 unspecified atom stereocenters. The number of rotatable bonds is 2. The lowest BCUT2D eigenvalue weighted by Crippen LogP contribution is -2.36. The number of halogens is 2. The minimum absolute atomic E-state index is 0.0606. The molecule has 1 atom stereocenters. The average molecular weight is 300 g/mol. The van der Waals surface area contributed by atoms with Crippen LogP contribution in [0.2, 0.25) is 0 Å². The molecule has 1 amide bonds. The highest BCUT2D eigenvalue weighted by Crippen LogP contribution is 2.22. The van der Waals surface area contributed by atoms with E-state index in [-0.39, 0.29) is 17.8 Å². The van der Waals surface area contributed by atoms with Gasteiger partial charge in [-0.05, 0) is 43.5 Å². The summed E-state index contributed by atoms with van der Waals surface area (Å²) in [5.74, 6) is -0.405. The fourth-order valence-corrected chi connectivity index (χ4v) is 2.96. The van der Waals surface area contributed by atoms with Gasteiger partial charge in [0.1, 0.15) is 5.82 Å². The molecule has 0 spiro atoms. The van der Waals surface area contributed by atoms with Gasteiger partial charge in [0.25, 0.3) is 5.91 Å². The maximum atomic E-state index is 13.3. The third-order valence-electron chi connectivity index (χ3n) is 3.11. The second-order valence-corrected chi connectivity index (χ2v) is 5.11. The standard InChI is InChI=1S/C13H15BrFNO/c1-9-5-10(7-11(15)6-9)13(17)16-4-2-3-12(16)8-14/h5-7,12H,2-4,8H2,1H3. The number of alkyl halides is 1. The van der Waals surface area contributed by atoms with Gasteiger partial charge < -0.3 is 4.90 Å². The molecule has 2 rings (SSSR count). The first-order valence-corrected chi connectivity index (χ1v) is 6.88. The first-order valence-electron chi connectivity index (χ1n) is 5.76. The van der Waals surface area contributed by atoms with E-state index in [1.54, 1.807) is 13.0 Å². The van der Waals surface area contributed by atoms with Crippen LogP contribution >= 0.6 is 15.9 Å². The van der Waals surface area contributed by atoms with Crippen LogP contribution in [0.3, 0.4) is 0 Å². The maximum absolute atomic E-state index is 13.3. The lowest BCUT2D eigenvalue weighted by Gasteiger charge is -2.23. The van der Waals surface area contributed by atoms with Crippen LogP contribution in [0.5, 0.6) is 0 Å². The molecule has 1 aromatic carbocycles. The van der Waals surface area contributed by atoms with E-state index in [0.29, 0.717) is 5.56 Å². The molecule has 0 saturated carbocycles. The summed E-state index contributed by atoms with van der Waals surface area (Å²) in [5.41, 5.74) is 1.23. The van der Waals surface area contributed by atoms with Crippen molar-refractivity contribution in [2.24, 2.45) is 0 Å². The van der Waals surface area contributed by atoms with Crippen molar-refractivity contribution in [3.8, 4) is 0 Å². The molecule has 1 aliphatic rings. The van der Waals surface area contributed by atoms with Gasteiger partial charge >= 0.3 is 0 Å². The summed E-state index contributed by atoms with van der Waals surface area (Å²) >= 11 is 3.42. The third kappa shape index (κ3) is 2.68. The molecule has 2 nitrogen and oxygen atoms in total. The minimum Gasteiger partial charge on any atom is -0.335 e. The van der Waals surface area contributed by atoms with Gasteiger partial charge in [0.2, 0.25) is 0 Å². The zero-order valence-corrected chi connectivity index (χ0v) is 11.3. The van der Waals surface area contributed by atoms with E-state index in [2.05, 4.69) is 15.9 Å². The van der Waals surface area contributed by atoms with E-state index in [4.69, 9.17) is 0 Å². The number of likely N-dealkylation sites (tertiary alicyclic amines) is 1. The second-order valence-electron chi connectivity index (χ2n) is 4.47. The number of benzene rings is 1. The van der Waals surface area contributed by atoms with Gasteiger partial charge in [0.15, 0.2) is 0 Å². The Morgan fingerprint density at radius 3 is 2.94 bits per heavy atom. The van der Waals surface area contributed by atoms with Crippen LogP contribution in [0.1, 0.15) is 28.8 Å². The highest BCUT2D eigenvalue weighted by Gasteiger charge is 2.28. The van der Waals surface area contributed by atoms with Gasteiger partial charge in [-0.1, -0.05) is 15.9 Å². The quantitative estimate of drug-likeness (QED) is 0.768. The highest BCUT2D eigenvalue weighted by atomic mass is 79.9. The molecule has 17 heavy (non-hydrogen) atoms. The van der Waals surface area contributed by atoms with E-state index >= 15 is 0 Å². The number of hydrogen-bond donors (Lipinski definition) is 0. The van der Waals surface area contributed by atoms with Crippen LogP contribution in [0.25, 0.3) is 0 Å². The summed E-state index contributed by atoms with van der Waals surface area (Å²) in [6, 6.07) is 4.74. The molecule has 4 heteroatoms. The molecule has 0 radical (unpaired) electrons. The highest BCUT2D eigenvalue weighted by molar-refractivity contribution is 9.09. The first kappa shape index (κ1) is 12.6. The lowest BCUT2D eigenvalue weighted by molar-refractivity contribution is 0.0750. The summed E-state index contributed by atoms with van der Waals surface area (Å²) in [4.78, 5) is 14.1. The van der Waals surface area contributed by atoms with Crippen molar-refractivity contribution in [3.63, 3.8) is 0 Å². The third-order valence-corrected chi connectivity index (χ3v) is 3.85. The molecule has 1 saturated heterocycles. The predicted molar refractivity (Wildman–Crippen MR) is 69.0 cm³/mol. The van der Waals surface area contributed by atoms with Crippen molar-refractivity contribution < 1.29 is 9.18 Å². The fraction of sp³-hybridized carbons (Fsp3) is 0.462. The lowest BCUT2D eigenvalue weighted by atomic mass is 10.1. The van der Waals surface area contributed by atoms with Crippen molar-refractivity contribution in [2.45, 2.75) is 25.8 Å². The Morgan fingerprint density at radius 1 is 1.53 bits per heavy atom. The molecule has 1 heterocycles. The number of amides is 1. The number of carbonyl (C=O) groups is 1. The van der Waals surface area contributed by atoms with Gasteiger partial charge in [-0.3, -0.25) is 4.79 Å². The summed E-state index contributed by atoms with van der Waals surface area (Å²) < 4.78 is 13.3. The van der Waals surface area contributed by atoms with Crippen LogP contribution in [0.4, 0.5) is 4.39 Å². The van der Waals surface area contributed by atoms with E-state index in [1.807, 2.05) is 4.90 Å². The molecule has 0 bridgehead atoms. The molecular weight excluding hydrogens is 285 g/mol. The number of hydrogen-bond acceptors (Lipinski definition) is 1. The fourth-order valence-electron chi connectivity index (χ4n) is 2.29. The van der Waals surface area contributed by atoms with E-state index in [9.17, 15) is 9.18 Å². The van der Waals surface area contributed by atoms with Crippen LogP contribution in [0.15, 0.2) is 18.2 Å². The topological polar surface area (TPSA) is 20.3 Å². The van der Waals surface area contributed by atoms with Crippen molar-refractivity contribution in [1.82, 2.24) is 4.90 Å². The molecule has 92 valence electrons. The Balaban J connectivity index is 2.24. The maximum Gasteiger partial charge on any atom is 0.254 e. The summed E-state index contributed by atoms with van der Waals surface area (Å²) in [7, 11) is 0. The SMILES string of the molecule is Cc1cc(F)cc(C(=O)N2CCCC2CBr)c1. The zero-order valence-electron chi connectivity index (χ0n) is 9.75. The Morgan fingerprint density at radius 2 is 2.29 bits per heavy atom. The molecule has 0 N–H and O–H groups in total. The van der Waals surface area contributed by atoms with Gasteiger partial charge in [0, 0.05) is 23.5 Å². The first-order chi connectivity index (χ1) is 8.11. The predicted octanol–water partition coefficient (Wildman–Crippen LogP) is 3.13. The van der Waals surface area contributed by atoms with Gasteiger partial charge in [0.05, 0.1) is 0 Å². The van der Waals surface area contributed by atoms with E-state index < -0.39 is 0 Å². The summed E-state index contributed by atoms with van der Waals surface area (Å²) in [6.45, 7) is 2.57. The van der Waals surface area contributed by atoms with Gasteiger partial charge in [-0.15, -0.1) is 0 Å². The van der Waals surface area contributed by atoms with Crippen LogP contribution in [0, 0.1) is 12.7 Å². The van der Waals surface area contributed by atoms with Crippen LogP contribution in [-0.4, -0.2) is 28.7 Å². The van der Waals surface area contributed by atoms with Gasteiger partial charge in [-0.25, -0.2) is 4.39 Å². The van der Waals surface area contributed by atoms with Gasteiger partial charge in [-0.2, -0.15) is 0 Å². The summed E-state index contributed by atoms with van der Waals surface area (Å²) in [5, 5.41) is 0.785. The molecule has 1 fully saturated rings. The van der Waals surface area contributed by atoms with Crippen molar-refractivity contribution in [2.75, 3.05) is 11.9 Å². The molecule has 0 aromatic heterocycles. The average Bonchev–Trinajstić information content (AvgIpc) is 2.74. The number of carbonyl (C=O) groups excluding carboxylic acids is 1.